The number of halogens is 1. The predicted octanol–water partition coefficient (Wildman–Crippen LogP) is 3.67. The van der Waals surface area contributed by atoms with E-state index in [0.29, 0.717) is 5.56 Å². The lowest BCUT2D eigenvalue weighted by molar-refractivity contribution is 0.102. The van der Waals surface area contributed by atoms with E-state index < -0.39 is 5.82 Å². The Balaban J connectivity index is 2.23. The Morgan fingerprint density at radius 3 is 2.55 bits per heavy atom. The van der Waals surface area contributed by atoms with Crippen molar-refractivity contribution in [2.75, 3.05) is 11.6 Å². The summed E-state index contributed by atoms with van der Waals surface area (Å²) in [5.74, 6) is -1.03. The van der Waals surface area contributed by atoms with Crippen LogP contribution in [0.1, 0.15) is 15.9 Å². The quantitative estimate of drug-likeness (QED) is 0.876. The molecule has 0 aliphatic carbocycles. The van der Waals surface area contributed by atoms with Crippen molar-refractivity contribution in [3.05, 3.63) is 59.4 Å². The number of rotatable bonds is 3. The van der Waals surface area contributed by atoms with Gasteiger partial charge in [-0.1, -0.05) is 6.07 Å². The normalized spacial score (nSPS) is 9.85. The smallest absolute Gasteiger partial charge is 0.255 e. The fraction of sp³-hybridized carbons (Fsp3) is 0.0667. The van der Waals surface area contributed by atoms with Crippen LogP contribution in [0.15, 0.2) is 47.4 Å². The maximum absolute atomic E-state index is 13.4. The van der Waals surface area contributed by atoms with Gasteiger partial charge in [-0.3, -0.25) is 4.79 Å². The van der Waals surface area contributed by atoms with E-state index in [2.05, 4.69) is 5.32 Å². The van der Waals surface area contributed by atoms with Crippen molar-refractivity contribution in [1.82, 2.24) is 0 Å². The third-order valence-electron chi connectivity index (χ3n) is 2.73. The van der Waals surface area contributed by atoms with Gasteiger partial charge in [0.2, 0.25) is 0 Å². The van der Waals surface area contributed by atoms with E-state index in [1.54, 1.807) is 30.0 Å². The molecule has 5 heteroatoms. The number of benzene rings is 2. The van der Waals surface area contributed by atoms with Gasteiger partial charge in [-0.2, -0.15) is 5.26 Å². The van der Waals surface area contributed by atoms with Crippen molar-refractivity contribution in [1.29, 1.82) is 5.26 Å². The molecule has 2 rings (SSSR count). The summed E-state index contributed by atoms with van der Waals surface area (Å²) >= 11 is 1.58. The summed E-state index contributed by atoms with van der Waals surface area (Å²) in [5.41, 5.74) is 0.462. The van der Waals surface area contributed by atoms with Gasteiger partial charge in [0, 0.05) is 10.5 Å². The van der Waals surface area contributed by atoms with Crippen LogP contribution in [0.2, 0.25) is 0 Å². The van der Waals surface area contributed by atoms with Crippen molar-refractivity contribution in [2.24, 2.45) is 0 Å². The maximum Gasteiger partial charge on any atom is 0.255 e. The average Bonchev–Trinajstić information content (AvgIpc) is 2.47. The highest BCUT2D eigenvalue weighted by Crippen LogP contribution is 2.20. The third kappa shape index (κ3) is 2.98. The van der Waals surface area contributed by atoms with Gasteiger partial charge in [0.05, 0.1) is 5.69 Å². The number of carbonyl (C=O) groups is 1. The minimum Gasteiger partial charge on any atom is -0.321 e. The molecule has 0 aromatic heterocycles. The molecule has 0 spiro atoms. The van der Waals surface area contributed by atoms with Gasteiger partial charge in [-0.15, -0.1) is 11.8 Å². The first-order chi connectivity index (χ1) is 9.65. The van der Waals surface area contributed by atoms with E-state index in [9.17, 15) is 9.18 Å². The Morgan fingerprint density at radius 1 is 1.25 bits per heavy atom. The molecule has 0 fully saturated rings. The molecule has 100 valence electrons. The molecule has 2 aromatic carbocycles. The van der Waals surface area contributed by atoms with Gasteiger partial charge in [-0.25, -0.2) is 4.39 Å². The van der Waals surface area contributed by atoms with E-state index in [1.807, 2.05) is 18.4 Å². The summed E-state index contributed by atoms with van der Waals surface area (Å²) in [7, 11) is 0. The van der Waals surface area contributed by atoms with Gasteiger partial charge in [0.1, 0.15) is 17.4 Å². The number of nitrogens with zero attached hydrogens (tertiary/aromatic N) is 1. The van der Waals surface area contributed by atoms with Crippen LogP contribution in [-0.4, -0.2) is 12.2 Å². The van der Waals surface area contributed by atoms with E-state index >= 15 is 0 Å². The minimum absolute atomic E-state index is 0.165. The number of thioether (sulfide) groups is 1. The molecule has 20 heavy (non-hydrogen) atoms. The van der Waals surface area contributed by atoms with Crippen LogP contribution in [0, 0.1) is 17.1 Å². The Hall–Kier alpha value is -2.32. The van der Waals surface area contributed by atoms with Crippen LogP contribution < -0.4 is 5.32 Å². The second kappa shape index (κ2) is 6.22. The topological polar surface area (TPSA) is 52.9 Å². The molecule has 1 amide bonds. The van der Waals surface area contributed by atoms with E-state index in [4.69, 9.17) is 5.26 Å². The second-order valence-corrected chi connectivity index (χ2v) is 4.84. The number of hydrogen-bond acceptors (Lipinski definition) is 3. The number of nitrogens with one attached hydrogen (secondary N) is 1. The zero-order valence-electron chi connectivity index (χ0n) is 10.7. The molecule has 0 saturated heterocycles. The number of nitriles is 1. The second-order valence-electron chi connectivity index (χ2n) is 3.96. The maximum atomic E-state index is 13.4. The Bertz CT molecular complexity index is 677. The number of anilines is 1. The molecule has 0 aliphatic rings. The van der Waals surface area contributed by atoms with Gasteiger partial charge in [-0.05, 0) is 42.7 Å². The molecule has 0 unspecified atom stereocenters. The first-order valence-electron chi connectivity index (χ1n) is 5.79. The summed E-state index contributed by atoms with van der Waals surface area (Å²) in [6.45, 7) is 0. The molecule has 0 atom stereocenters. The molecule has 3 nitrogen and oxygen atoms in total. The first-order valence-corrected chi connectivity index (χ1v) is 7.02. The summed E-state index contributed by atoms with van der Waals surface area (Å²) in [4.78, 5) is 13.1. The fourth-order valence-electron chi connectivity index (χ4n) is 1.68. The lowest BCUT2D eigenvalue weighted by Crippen LogP contribution is -2.13. The molecule has 2 aromatic rings. The highest BCUT2D eigenvalue weighted by atomic mass is 32.2. The van der Waals surface area contributed by atoms with Gasteiger partial charge in [0.25, 0.3) is 5.91 Å². The van der Waals surface area contributed by atoms with Gasteiger partial charge >= 0.3 is 0 Å². The molecule has 0 heterocycles. The minimum atomic E-state index is -0.650. The molecule has 0 bridgehead atoms. The fourth-order valence-corrected chi connectivity index (χ4v) is 2.09. The lowest BCUT2D eigenvalue weighted by Gasteiger charge is -2.07. The van der Waals surface area contributed by atoms with Crippen LogP contribution in [0.4, 0.5) is 10.1 Å². The first kappa shape index (κ1) is 14.1. The SMILES string of the molecule is CSc1ccc(C(=O)Nc2cccc(F)c2C#N)cc1. The van der Waals surface area contributed by atoms with E-state index in [1.165, 1.54) is 18.2 Å². The molecular formula is C15H11FN2OS. The summed E-state index contributed by atoms with van der Waals surface area (Å²) in [5, 5.41) is 11.5. The van der Waals surface area contributed by atoms with Crippen LogP contribution in [0.25, 0.3) is 0 Å². The van der Waals surface area contributed by atoms with Crippen molar-refractivity contribution >= 4 is 23.4 Å². The molecule has 0 saturated carbocycles. The molecule has 1 N–H and O–H groups in total. The van der Waals surface area contributed by atoms with Crippen LogP contribution in [0.3, 0.4) is 0 Å². The lowest BCUT2D eigenvalue weighted by atomic mass is 10.1. The van der Waals surface area contributed by atoms with E-state index in [0.717, 1.165) is 4.90 Å². The van der Waals surface area contributed by atoms with Crippen LogP contribution in [-0.2, 0) is 0 Å². The standard InChI is InChI=1S/C15H11FN2OS/c1-20-11-7-5-10(6-8-11)15(19)18-14-4-2-3-13(16)12(14)9-17/h2-8H,1H3,(H,18,19). The Labute approximate surface area is 120 Å². The molecule has 0 radical (unpaired) electrons. The Kier molecular flexibility index (Phi) is 4.38. The van der Waals surface area contributed by atoms with Crippen molar-refractivity contribution < 1.29 is 9.18 Å². The third-order valence-corrected chi connectivity index (χ3v) is 3.47. The number of amides is 1. The zero-order valence-corrected chi connectivity index (χ0v) is 11.5. The Morgan fingerprint density at radius 2 is 1.95 bits per heavy atom. The number of carbonyl (C=O) groups excluding carboxylic acids is 1. The summed E-state index contributed by atoms with van der Waals surface area (Å²) < 4.78 is 13.4. The van der Waals surface area contributed by atoms with Gasteiger partial charge < -0.3 is 5.32 Å². The van der Waals surface area contributed by atoms with Crippen molar-refractivity contribution in [3.63, 3.8) is 0 Å². The van der Waals surface area contributed by atoms with Crippen molar-refractivity contribution in [2.45, 2.75) is 4.90 Å². The highest BCUT2D eigenvalue weighted by Gasteiger charge is 2.12. The van der Waals surface area contributed by atoms with Crippen LogP contribution >= 0.6 is 11.8 Å². The largest absolute Gasteiger partial charge is 0.321 e. The average molecular weight is 286 g/mol. The zero-order chi connectivity index (χ0) is 14.5. The summed E-state index contributed by atoms with van der Waals surface area (Å²) in [6.07, 6.45) is 1.95. The number of hydrogen-bond donors (Lipinski definition) is 1. The van der Waals surface area contributed by atoms with E-state index in [-0.39, 0.29) is 17.2 Å². The van der Waals surface area contributed by atoms with Crippen molar-refractivity contribution in [3.8, 4) is 6.07 Å². The van der Waals surface area contributed by atoms with Gasteiger partial charge in [0.15, 0.2) is 0 Å². The summed E-state index contributed by atoms with van der Waals surface area (Å²) in [6, 6.07) is 12.9. The predicted molar refractivity (Wildman–Crippen MR) is 77.3 cm³/mol. The molecular weight excluding hydrogens is 275 g/mol. The molecule has 0 aliphatic heterocycles. The monoisotopic (exact) mass is 286 g/mol. The highest BCUT2D eigenvalue weighted by molar-refractivity contribution is 7.98. The van der Waals surface area contributed by atoms with Crippen LogP contribution in [0.5, 0.6) is 0 Å².